The smallest absolute Gasteiger partial charge is 0.186 e. The van der Waals surface area contributed by atoms with E-state index in [1.165, 1.54) is 19.3 Å². The average Bonchev–Trinajstić information content (AvgIpc) is 3.52. The Morgan fingerprint density at radius 2 is 1.24 bits per heavy atom. The summed E-state index contributed by atoms with van der Waals surface area (Å²) in [6, 6.07) is 0. The lowest BCUT2D eigenvalue weighted by atomic mass is 9.43. The van der Waals surface area contributed by atoms with Crippen LogP contribution in [0.2, 0.25) is 0 Å². The number of aliphatic hydroxyl groups is 8. The summed E-state index contributed by atoms with van der Waals surface area (Å²) in [5, 5.41) is 81.1. The third kappa shape index (κ3) is 8.06. The minimum Gasteiger partial charge on any atom is -0.394 e. The predicted molar refractivity (Wildman–Crippen MR) is 194 cm³/mol. The normalized spacial score (nSPS) is 49.9. The van der Waals surface area contributed by atoms with Crippen LogP contribution in [0.4, 0.5) is 0 Å². The van der Waals surface area contributed by atoms with Gasteiger partial charge in [-0.15, -0.1) is 0 Å². The Labute approximate surface area is 320 Å². The molecule has 3 unspecified atom stereocenters. The van der Waals surface area contributed by atoms with Crippen molar-refractivity contribution in [3.63, 3.8) is 0 Å². The lowest BCUT2D eigenvalue weighted by Gasteiger charge is -2.64. The molecule has 2 saturated heterocycles. The zero-order chi connectivity index (χ0) is 38.9. The van der Waals surface area contributed by atoms with Crippen LogP contribution in [0.1, 0.15) is 91.9 Å². The SMILES string of the molecule is CCC[C@@H](C)[C@H]1CC[C@H]2[C@@H]3[C@H](OCCOC4O[C@H](CO)[C@@H](O)[C@H](O)[C@H]4O)CC4CCCC[C@]4(C)[C@H]3C[C@H](OCCOC3O[C@H](CO)[C@@H](O)[C@H](O)[C@H]3O)[C@]12C. The van der Waals surface area contributed by atoms with Gasteiger partial charge < -0.3 is 69.3 Å². The molecule has 2 heterocycles. The summed E-state index contributed by atoms with van der Waals surface area (Å²) < 4.78 is 36.6. The summed E-state index contributed by atoms with van der Waals surface area (Å²) in [6.07, 6.45) is -2.13. The molecule has 54 heavy (non-hydrogen) atoms. The predicted octanol–water partition coefficient (Wildman–Crippen LogP) is 1.09. The molecule has 2 aliphatic heterocycles. The van der Waals surface area contributed by atoms with E-state index in [4.69, 9.17) is 28.4 Å². The molecule has 0 aromatic rings. The van der Waals surface area contributed by atoms with Gasteiger partial charge in [0.2, 0.25) is 0 Å². The van der Waals surface area contributed by atoms with E-state index in [0.29, 0.717) is 35.5 Å². The highest BCUT2D eigenvalue weighted by Crippen LogP contribution is 2.69. The van der Waals surface area contributed by atoms with Crippen LogP contribution in [-0.2, 0) is 28.4 Å². The fourth-order valence-corrected chi connectivity index (χ4v) is 12.3. The molecule has 0 aromatic heterocycles. The van der Waals surface area contributed by atoms with Crippen molar-refractivity contribution in [2.75, 3.05) is 39.6 Å². The van der Waals surface area contributed by atoms with Crippen molar-refractivity contribution in [2.45, 2.75) is 166 Å². The van der Waals surface area contributed by atoms with Gasteiger partial charge in [0, 0.05) is 5.41 Å². The second kappa shape index (κ2) is 18.1. The molecule has 14 nitrogen and oxygen atoms in total. The van der Waals surface area contributed by atoms with Gasteiger partial charge in [-0.2, -0.15) is 0 Å². The monoisotopic (exact) mass is 774 g/mol. The fourth-order valence-electron chi connectivity index (χ4n) is 12.3. The number of aliphatic hydroxyl groups excluding tert-OH is 8. The summed E-state index contributed by atoms with van der Waals surface area (Å²) in [4.78, 5) is 0. The topological polar surface area (TPSA) is 217 Å². The summed E-state index contributed by atoms with van der Waals surface area (Å²) >= 11 is 0. The van der Waals surface area contributed by atoms with E-state index >= 15 is 0 Å². The number of hydrogen-bond donors (Lipinski definition) is 8. The van der Waals surface area contributed by atoms with Crippen LogP contribution in [0.5, 0.6) is 0 Å². The maximum atomic E-state index is 10.5. The summed E-state index contributed by atoms with van der Waals surface area (Å²) in [7, 11) is 0. The number of ether oxygens (including phenoxy) is 6. The van der Waals surface area contributed by atoms with Crippen molar-refractivity contribution in [1.82, 2.24) is 0 Å². The summed E-state index contributed by atoms with van der Waals surface area (Å²) in [5.41, 5.74) is 0.0314. The molecule has 0 radical (unpaired) electrons. The van der Waals surface area contributed by atoms with Gasteiger partial charge in [0.25, 0.3) is 0 Å². The van der Waals surface area contributed by atoms with E-state index in [9.17, 15) is 40.9 Å². The Bertz CT molecular complexity index is 1180. The highest BCUT2D eigenvalue weighted by atomic mass is 16.7. The van der Waals surface area contributed by atoms with Crippen LogP contribution in [0.15, 0.2) is 0 Å². The minimum atomic E-state index is -1.50. The molecule has 8 N–H and O–H groups in total. The van der Waals surface area contributed by atoms with E-state index in [1.807, 2.05) is 0 Å². The first-order chi connectivity index (χ1) is 25.8. The lowest BCUT2D eigenvalue weighted by molar-refractivity contribution is -0.305. The van der Waals surface area contributed by atoms with Crippen molar-refractivity contribution < 1.29 is 69.3 Å². The number of hydrogen-bond acceptors (Lipinski definition) is 14. The molecule has 6 rings (SSSR count). The molecule has 314 valence electrons. The van der Waals surface area contributed by atoms with Gasteiger partial charge in [-0.25, -0.2) is 0 Å². The maximum Gasteiger partial charge on any atom is 0.186 e. The van der Waals surface area contributed by atoms with Crippen LogP contribution in [0.3, 0.4) is 0 Å². The fraction of sp³-hybridized carbons (Fsp3) is 1.00. The van der Waals surface area contributed by atoms with Crippen LogP contribution in [-0.4, -0.2) is 154 Å². The minimum absolute atomic E-state index is 0.0181. The van der Waals surface area contributed by atoms with Crippen LogP contribution >= 0.6 is 0 Å². The van der Waals surface area contributed by atoms with Crippen molar-refractivity contribution >= 4 is 0 Å². The Kier molecular flexibility index (Phi) is 14.5. The van der Waals surface area contributed by atoms with Crippen molar-refractivity contribution in [3.05, 3.63) is 0 Å². The maximum absolute atomic E-state index is 10.5. The third-order valence-electron chi connectivity index (χ3n) is 15.2. The van der Waals surface area contributed by atoms with E-state index in [-0.39, 0.29) is 49.5 Å². The molecular weight excluding hydrogens is 704 g/mol. The van der Waals surface area contributed by atoms with Gasteiger partial charge in [0.1, 0.15) is 48.8 Å². The van der Waals surface area contributed by atoms with Crippen LogP contribution in [0, 0.1) is 46.3 Å². The van der Waals surface area contributed by atoms with Gasteiger partial charge in [-0.3, -0.25) is 0 Å². The Morgan fingerprint density at radius 1 is 0.667 bits per heavy atom. The standard InChI is InChI=1S/C40H70O14/c1-5-8-21(2)23-10-11-24-30-25(18-29(40(23,24)4)50-14-16-52-38-36(48)34(46)32(44)28(20-42)54-38)39(3)12-7-6-9-22(39)17-26(30)49-13-15-51-37-35(47)33(45)31(43)27(19-41)53-37/h21-38,41-48H,5-20H2,1-4H3/t21-,22?,23-,24+,25+,26-,27-,28-,29+,30+,31-,32-,33+,34+,35-,36-,37?,38?,39+,40-/m1/s1. The molecule has 0 amide bonds. The number of fused-ring (bicyclic) bond motifs is 5. The second-order valence-corrected chi connectivity index (χ2v) is 17.9. The van der Waals surface area contributed by atoms with Gasteiger partial charge in [0.05, 0.1) is 51.8 Å². The molecule has 4 aliphatic carbocycles. The Hall–Kier alpha value is -0.560. The van der Waals surface area contributed by atoms with Gasteiger partial charge in [0.15, 0.2) is 12.6 Å². The van der Waals surface area contributed by atoms with Gasteiger partial charge in [-0.1, -0.05) is 53.4 Å². The summed E-state index contributed by atoms with van der Waals surface area (Å²) in [6.45, 7) is 9.32. The summed E-state index contributed by atoms with van der Waals surface area (Å²) in [5.74, 6) is 2.57. The molecule has 6 fully saturated rings. The molecule has 6 aliphatic rings. The highest BCUT2D eigenvalue weighted by molar-refractivity contribution is 5.15. The average molecular weight is 775 g/mol. The van der Waals surface area contributed by atoms with Crippen LogP contribution in [0.25, 0.3) is 0 Å². The van der Waals surface area contributed by atoms with Crippen molar-refractivity contribution in [3.8, 4) is 0 Å². The van der Waals surface area contributed by atoms with Gasteiger partial charge in [-0.05, 0) is 79.4 Å². The van der Waals surface area contributed by atoms with E-state index in [0.717, 1.165) is 44.9 Å². The number of rotatable bonds is 15. The molecule has 0 bridgehead atoms. The van der Waals surface area contributed by atoms with Gasteiger partial charge >= 0.3 is 0 Å². The first kappa shape index (κ1) is 43.0. The van der Waals surface area contributed by atoms with E-state index in [1.54, 1.807) is 0 Å². The molecule has 0 aromatic carbocycles. The van der Waals surface area contributed by atoms with E-state index < -0.39 is 74.6 Å². The second-order valence-electron chi connectivity index (χ2n) is 17.9. The Morgan fingerprint density at radius 3 is 1.81 bits per heavy atom. The zero-order valence-corrected chi connectivity index (χ0v) is 32.7. The highest BCUT2D eigenvalue weighted by Gasteiger charge is 2.66. The Balaban J connectivity index is 1.18. The zero-order valence-electron chi connectivity index (χ0n) is 32.7. The quantitative estimate of drug-likeness (QED) is 0.109. The molecule has 20 atom stereocenters. The lowest BCUT2D eigenvalue weighted by Crippen LogP contribution is -2.63. The molecule has 14 heteroatoms. The molecule has 4 saturated carbocycles. The first-order valence-corrected chi connectivity index (χ1v) is 20.9. The third-order valence-corrected chi connectivity index (χ3v) is 15.2. The van der Waals surface area contributed by atoms with Crippen molar-refractivity contribution in [1.29, 1.82) is 0 Å². The molecule has 0 spiro atoms. The first-order valence-electron chi connectivity index (χ1n) is 20.9. The van der Waals surface area contributed by atoms with Crippen molar-refractivity contribution in [2.24, 2.45) is 46.3 Å². The largest absolute Gasteiger partial charge is 0.394 e. The van der Waals surface area contributed by atoms with E-state index in [2.05, 4.69) is 27.7 Å². The van der Waals surface area contributed by atoms with Crippen LogP contribution < -0.4 is 0 Å². The molecular formula is C40H70O14.